The molecule has 4 nitrogen and oxygen atoms in total. The molecule has 0 rings (SSSR count). The second-order valence-electron chi connectivity index (χ2n) is 3.00. The molecular weight excluding hydrogens is 154 g/mol. The molecule has 0 aromatic rings. The first-order chi connectivity index (χ1) is 5.72. The third-order valence-electron chi connectivity index (χ3n) is 1.91. The van der Waals surface area contributed by atoms with Gasteiger partial charge in [-0.3, -0.25) is 0 Å². The van der Waals surface area contributed by atoms with E-state index < -0.39 is 0 Å². The average Bonchev–Trinajstić information content (AvgIpc) is 2.10. The molecule has 6 N–H and O–H groups in total. The first-order valence-corrected chi connectivity index (χ1v) is 4.37. The van der Waals surface area contributed by atoms with Gasteiger partial charge in [-0.1, -0.05) is 0 Å². The lowest BCUT2D eigenvalue weighted by Crippen LogP contribution is -2.41. The molecule has 12 heavy (non-hydrogen) atoms. The van der Waals surface area contributed by atoms with Gasteiger partial charge in [0, 0.05) is 18.5 Å². The minimum absolute atomic E-state index is 0.0199. The smallest absolute Gasteiger partial charge is 0.120 e. The maximum Gasteiger partial charge on any atom is 0.120 e. The van der Waals surface area contributed by atoms with Crippen LogP contribution in [0.2, 0.25) is 0 Å². The van der Waals surface area contributed by atoms with Crippen molar-refractivity contribution in [3.05, 3.63) is 0 Å². The number of rotatable bonds is 7. The first-order valence-electron chi connectivity index (χ1n) is 4.37. The zero-order valence-electron chi connectivity index (χ0n) is 7.41. The summed E-state index contributed by atoms with van der Waals surface area (Å²) in [5.74, 6) is 0. The van der Waals surface area contributed by atoms with E-state index in [2.05, 4.69) is 0 Å². The summed E-state index contributed by atoms with van der Waals surface area (Å²) in [6.45, 7) is 0.647. The molecule has 0 fully saturated rings. The van der Waals surface area contributed by atoms with Gasteiger partial charge in [-0.15, -0.1) is 0 Å². The van der Waals surface area contributed by atoms with Crippen molar-refractivity contribution in [1.82, 2.24) is 0 Å². The Kier molecular flexibility index (Phi) is 6.94. The largest absolute Gasteiger partial charge is 0.330 e. The molecule has 0 aliphatic heterocycles. The molecule has 0 heterocycles. The van der Waals surface area contributed by atoms with Gasteiger partial charge >= 0.3 is 0 Å². The van der Waals surface area contributed by atoms with Crippen LogP contribution in [0.3, 0.4) is 0 Å². The Hall–Kier alpha value is -0.450. The first kappa shape index (κ1) is 11.6. The van der Waals surface area contributed by atoms with Crippen molar-refractivity contribution < 1.29 is 4.79 Å². The van der Waals surface area contributed by atoms with Crippen LogP contribution in [0.1, 0.15) is 25.7 Å². The third kappa shape index (κ3) is 5.23. The quantitative estimate of drug-likeness (QED) is 0.446. The molecule has 0 aliphatic rings. The van der Waals surface area contributed by atoms with E-state index in [1.165, 1.54) is 0 Å². The minimum Gasteiger partial charge on any atom is -0.330 e. The molecule has 4 heteroatoms. The van der Waals surface area contributed by atoms with Crippen molar-refractivity contribution in [3.63, 3.8) is 0 Å². The molecule has 0 saturated carbocycles. The zero-order chi connectivity index (χ0) is 9.40. The van der Waals surface area contributed by atoms with Gasteiger partial charge in [-0.25, -0.2) is 0 Å². The van der Waals surface area contributed by atoms with E-state index in [0.717, 1.165) is 19.1 Å². The summed E-state index contributed by atoms with van der Waals surface area (Å²) >= 11 is 0. The molecule has 0 aliphatic carbocycles. The van der Waals surface area contributed by atoms with Crippen LogP contribution in [0.5, 0.6) is 0 Å². The van der Waals surface area contributed by atoms with Crippen LogP contribution in [-0.4, -0.2) is 24.9 Å². The van der Waals surface area contributed by atoms with Gasteiger partial charge in [0.15, 0.2) is 0 Å². The summed E-state index contributed by atoms with van der Waals surface area (Å²) in [5.41, 5.74) is 16.8. The van der Waals surface area contributed by atoms with Crippen molar-refractivity contribution in [2.75, 3.05) is 6.54 Å². The molecule has 0 bridgehead atoms. The Labute approximate surface area is 73.5 Å². The van der Waals surface area contributed by atoms with Gasteiger partial charge in [0.25, 0.3) is 0 Å². The molecule has 0 saturated heterocycles. The highest BCUT2D eigenvalue weighted by atomic mass is 16.1. The lowest BCUT2D eigenvalue weighted by Gasteiger charge is -2.18. The second kappa shape index (κ2) is 7.21. The molecule has 2 atom stereocenters. The van der Waals surface area contributed by atoms with Crippen molar-refractivity contribution in [2.45, 2.75) is 37.8 Å². The zero-order valence-corrected chi connectivity index (χ0v) is 7.41. The second-order valence-corrected chi connectivity index (χ2v) is 3.00. The number of nitrogens with two attached hydrogens (primary N) is 3. The Balaban J connectivity index is 3.45. The Morgan fingerprint density at radius 3 is 2.25 bits per heavy atom. The monoisotopic (exact) mass is 173 g/mol. The van der Waals surface area contributed by atoms with E-state index in [0.29, 0.717) is 19.4 Å². The van der Waals surface area contributed by atoms with E-state index in [-0.39, 0.29) is 12.1 Å². The molecule has 0 spiro atoms. The normalized spacial score (nSPS) is 15.6. The summed E-state index contributed by atoms with van der Waals surface area (Å²) in [6.07, 6.45) is 3.79. The van der Waals surface area contributed by atoms with Gasteiger partial charge in [0.05, 0.1) is 0 Å². The number of aldehydes is 1. The highest BCUT2D eigenvalue weighted by molar-refractivity contribution is 5.49. The average molecular weight is 173 g/mol. The lowest BCUT2D eigenvalue weighted by molar-refractivity contribution is -0.108. The number of carbonyl (C=O) groups excluding carboxylic acids is 1. The van der Waals surface area contributed by atoms with Crippen molar-refractivity contribution in [3.8, 4) is 0 Å². The molecule has 0 aromatic carbocycles. The third-order valence-corrected chi connectivity index (χ3v) is 1.91. The van der Waals surface area contributed by atoms with Gasteiger partial charge in [-0.2, -0.15) is 0 Å². The Morgan fingerprint density at radius 1 is 1.17 bits per heavy atom. The molecule has 2 unspecified atom stereocenters. The van der Waals surface area contributed by atoms with Crippen molar-refractivity contribution in [2.24, 2.45) is 17.2 Å². The standard InChI is InChI=1S/C8H19N3O/c9-5-1-3-7(10)8(11)4-2-6-12/h6-8H,1-5,9-11H2. The minimum atomic E-state index is -0.0678. The van der Waals surface area contributed by atoms with Crippen LogP contribution >= 0.6 is 0 Å². The van der Waals surface area contributed by atoms with E-state index in [4.69, 9.17) is 17.2 Å². The maximum absolute atomic E-state index is 10.0. The van der Waals surface area contributed by atoms with Crippen LogP contribution in [0.4, 0.5) is 0 Å². The van der Waals surface area contributed by atoms with Crippen LogP contribution in [-0.2, 0) is 4.79 Å². The Morgan fingerprint density at radius 2 is 1.75 bits per heavy atom. The SMILES string of the molecule is NCCCC(N)C(N)CCC=O. The van der Waals surface area contributed by atoms with Gasteiger partial charge < -0.3 is 22.0 Å². The van der Waals surface area contributed by atoms with E-state index in [9.17, 15) is 4.79 Å². The van der Waals surface area contributed by atoms with E-state index >= 15 is 0 Å². The fraction of sp³-hybridized carbons (Fsp3) is 0.875. The van der Waals surface area contributed by atoms with Crippen LogP contribution in [0.25, 0.3) is 0 Å². The molecule has 0 aromatic heterocycles. The summed E-state index contributed by atoms with van der Waals surface area (Å²) in [4.78, 5) is 10.0. The number of hydrogen-bond acceptors (Lipinski definition) is 4. The van der Waals surface area contributed by atoms with Gasteiger partial charge in [-0.05, 0) is 25.8 Å². The topological polar surface area (TPSA) is 95.1 Å². The summed E-state index contributed by atoms with van der Waals surface area (Å²) < 4.78 is 0. The number of hydrogen-bond donors (Lipinski definition) is 3. The fourth-order valence-electron chi connectivity index (χ4n) is 1.04. The predicted octanol–water partition coefficient (Wildman–Crippen LogP) is -0.641. The lowest BCUT2D eigenvalue weighted by atomic mass is 10.0. The van der Waals surface area contributed by atoms with E-state index in [1.807, 2.05) is 0 Å². The maximum atomic E-state index is 10.0. The Bertz CT molecular complexity index is 119. The number of carbonyl (C=O) groups is 1. The van der Waals surface area contributed by atoms with Crippen LogP contribution in [0, 0.1) is 0 Å². The van der Waals surface area contributed by atoms with E-state index in [1.54, 1.807) is 0 Å². The van der Waals surface area contributed by atoms with Gasteiger partial charge in [0.2, 0.25) is 0 Å². The fourth-order valence-corrected chi connectivity index (χ4v) is 1.04. The molecular formula is C8H19N3O. The summed E-state index contributed by atoms with van der Waals surface area (Å²) in [7, 11) is 0. The highest BCUT2D eigenvalue weighted by Gasteiger charge is 2.11. The van der Waals surface area contributed by atoms with Crippen molar-refractivity contribution in [1.29, 1.82) is 0 Å². The summed E-state index contributed by atoms with van der Waals surface area (Å²) in [6, 6.07) is -0.0877. The predicted molar refractivity (Wildman–Crippen MR) is 49.5 cm³/mol. The van der Waals surface area contributed by atoms with Crippen LogP contribution < -0.4 is 17.2 Å². The van der Waals surface area contributed by atoms with Crippen molar-refractivity contribution >= 4 is 6.29 Å². The molecule has 72 valence electrons. The highest BCUT2D eigenvalue weighted by Crippen LogP contribution is 2.02. The van der Waals surface area contributed by atoms with Crippen LogP contribution in [0.15, 0.2) is 0 Å². The molecule has 0 radical (unpaired) electrons. The summed E-state index contributed by atoms with van der Waals surface area (Å²) in [5, 5.41) is 0. The van der Waals surface area contributed by atoms with Gasteiger partial charge in [0.1, 0.15) is 6.29 Å². The molecule has 0 amide bonds.